The molecule has 0 unspecified atom stereocenters. The molecule has 0 aromatic heterocycles. The van der Waals surface area contributed by atoms with Crippen LogP contribution >= 0.6 is 11.6 Å². The number of sulfonamides is 1. The molecule has 0 fully saturated rings. The number of nitrogens with zero attached hydrogens (tertiary/aromatic N) is 1. The van der Waals surface area contributed by atoms with Crippen LogP contribution in [-0.2, 0) is 16.6 Å². The highest BCUT2D eigenvalue weighted by Gasteiger charge is 2.19. The number of benzene rings is 3. The molecule has 31 heavy (non-hydrogen) atoms. The van der Waals surface area contributed by atoms with Gasteiger partial charge in [-0.2, -0.15) is 0 Å². The molecule has 1 amide bonds. The van der Waals surface area contributed by atoms with Gasteiger partial charge in [0.1, 0.15) is 12.4 Å². The number of carbonyl (C=O) groups excluding carboxylic acids is 1. The predicted octanol–water partition coefficient (Wildman–Crippen LogP) is 4.73. The Balaban J connectivity index is 1.69. The van der Waals surface area contributed by atoms with Crippen LogP contribution in [0.2, 0.25) is 5.02 Å². The average molecular weight is 459 g/mol. The Morgan fingerprint density at radius 2 is 1.65 bits per heavy atom. The minimum absolute atomic E-state index is 0.119. The summed E-state index contributed by atoms with van der Waals surface area (Å²) < 4.78 is 31.6. The van der Waals surface area contributed by atoms with E-state index in [1.807, 2.05) is 12.1 Å². The molecule has 3 rings (SSSR count). The molecule has 1 N–H and O–H groups in total. The van der Waals surface area contributed by atoms with E-state index in [4.69, 9.17) is 16.3 Å². The third-order valence-electron chi connectivity index (χ3n) is 4.67. The van der Waals surface area contributed by atoms with Crippen molar-refractivity contribution in [2.24, 2.45) is 0 Å². The molecule has 0 saturated heterocycles. The lowest BCUT2D eigenvalue weighted by molar-refractivity contribution is 0.102. The average Bonchev–Trinajstić information content (AvgIpc) is 2.75. The Kier molecular flexibility index (Phi) is 7.00. The van der Waals surface area contributed by atoms with Gasteiger partial charge in [0.25, 0.3) is 5.91 Å². The van der Waals surface area contributed by atoms with E-state index < -0.39 is 10.0 Å². The molecule has 6 nitrogen and oxygen atoms in total. The van der Waals surface area contributed by atoms with Crippen molar-refractivity contribution in [3.63, 3.8) is 0 Å². The summed E-state index contributed by atoms with van der Waals surface area (Å²) >= 11 is 5.86. The highest BCUT2D eigenvalue weighted by Crippen LogP contribution is 2.23. The minimum atomic E-state index is -3.59. The van der Waals surface area contributed by atoms with E-state index in [9.17, 15) is 13.2 Å². The zero-order chi connectivity index (χ0) is 22.6. The summed E-state index contributed by atoms with van der Waals surface area (Å²) in [5.74, 6) is 0.377. The fourth-order valence-electron chi connectivity index (χ4n) is 2.75. The normalized spacial score (nSPS) is 11.4. The molecular formula is C23H23ClN2O4S. The van der Waals surface area contributed by atoms with Gasteiger partial charge in [0.15, 0.2) is 0 Å². The van der Waals surface area contributed by atoms with Crippen molar-refractivity contribution < 1.29 is 17.9 Å². The zero-order valence-corrected chi connectivity index (χ0v) is 19.0. The van der Waals surface area contributed by atoms with Gasteiger partial charge in [-0.15, -0.1) is 0 Å². The second-order valence-electron chi connectivity index (χ2n) is 7.16. The van der Waals surface area contributed by atoms with E-state index in [2.05, 4.69) is 5.32 Å². The number of aryl methyl sites for hydroxylation is 1. The van der Waals surface area contributed by atoms with Gasteiger partial charge in [-0.1, -0.05) is 29.8 Å². The number of carbonyl (C=O) groups is 1. The van der Waals surface area contributed by atoms with Crippen molar-refractivity contribution in [3.05, 3.63) is 88.4 Å². The first kappa shape index (κ1) is 22.8. The van der Waals surface area contributed by atoms with Gasteiger partial charge in [0, 0.05) is 30.4 Å². The maximum Gasteiger partial charge on any atom is 0.255 e. The lowest BCUT2D eigenvalue weighted by Gasteiger charge is -2.14. The fraction of sp³-hybridized carbons (Fsp3) is 0.174. The largest absolute Gasteiger partial charge is 0.489 e. The number of hydrogen-bond acceptors (Lipinski definition) is 4. The van der Waals surface area contributed by atoms with Crippen LogP contribution in [0.15, 0.2) is 71.6 Å². The molecule has 0 saturated carbocycles. The van der Waals surface area contributed by atoms with E-state index in [0.29, 0.717) is 28.6 Å². The van der Waals surface area contributed by atoms with E-state index >= 15 is 0 Å². The fourth-order valence-corrected chi connectivity index (χ4v) is 3.81. The number of anilines is 1. The number of hydrogen-bond donors (Lipinski definition) is 1. The Bertz CT molecular complexity index is 1180. The zero-order valence-electron chi connectivity index (χ0n) is 17.4. The molecule has 0 atom stereocenters. The van der Waals surface area contributed by atoms with Gasteiger partial charge in [-0.25, -0.2) is 12.7 Å². The Labute approximate surface area is 187 Å². The Morgan fingerprint density at radius 3 is 2.26 bits per heavy atom. The SMILES string of the molecule is Cc1ccc(S(=O)(=O)N(C)C)cc1NC(=O)c1ccc(COc2ccc(Cl)cc2)cc1. The van der Waals surface area contributed by atoms with Crippen LogP contribution in [0.1, 0.15) is 21.5 Å². The third kappa shape index (κ3) is 5.64. The monoisotopic (exact) mass is 458 g/mol. The van der Waals surface area contributed by atoms with Crippen molar-refractivity contribution in [1.82, 2.24) is 4.31 Å². The molecule has 3 aromatic carbocycles. The first-order valence-corrected chi connectivity index (χ1v) is 11.3. The standard InChI is InChI=1S/C23H23ClN2O4S/c1-16-4-13-21(31(28,29)26(2)3)14-22(16)25-23(27)18-7-5-17(6-8-18)15-30-20-11-9-19(24)10-12-20/h4-14H,15H2,1-3H3,(H,25,27). The van der Waals surface area contributed by atoms with Crippen LogP contribution in [0.25, 0.3) is 0 Å². The van der Waals surface area contributed by atoms with Crippen LogP contribution < -0.4 is 10.1 Å². The van der Waals surface area contributed by atoms with E-state index in [1.54, 1.807) is 49.4 Å². The van der Waals surface area contributed by atoms with Crippen molar-refractivity contribution in [2.75, 3.05) is 19.4 Å². The van der Waals surface area contributed by atoms with Crippen molar-refractivity contribution in [2.45, 2.75) is 18.4 Å². The van der Waals surface area contributed by atoms with Gasteiger partial charge in [-0.05, 0) is 66.6 Å². The first-order valence-electron chi connectivity index (χ1n) is 9.48. The Hall–Kier alpha value is -2.87. The lowest BCUT2D eigenvalue weighted by atomic mass is 10.1. The van der Waals surface area contributed by atoms with Gasteiger partial charge in [0.05, 0.1) is 4.90 Å². The maximum absolute atomic E-state index is 12.7. The van der Waals surface area contributed by atoms with Crippen molar-refractivity contribution >= 4 is 33.2 Å². The lowest BCUT2D eigenvalue weighted by Crippen LogP contribution is -2.22. The topological polar surface area (TPSA) is 75.7 Å². The van der Waals surface area contributed by atoms with E-state index in [1.165, 1.54) is 26.2 Å². The maximum atomic E-state index is 12.7. The van der Waals surface area contributed by atoms with Gasteiger partial charge in [0.2, 0.25) is 10.0 Å². The highest BCUT2D eigenvalue weighted by atomic mass is 35.5. The number of amides is 1. The molecule has 3 aromatic rings. The highest BCUT2D eigenvalue weighted by molar-refractivity contribution is 7.89. The molecule has 0 bridgehead atoms. The van der Waals surface area contributed by atoms with Crippen LogP contribution in [0.5, 0.6) is 5.75 Å². The van der Waals surface area contributed by atoms with E-state index in [0.717, 1.165) is 15.4 Å². The van der Waals surface area contributed by atoms with Crippen molar-refractivity contribution in [3.8, 4) is 5.75 Å². The molecule has 0 heterocycles. The second kappa shape index (κ2) is 9.51. The summed E-state index contributed by atoms with van der Waals surface area (Å²) in [4.78, 5) is 12.8. The molecule has 0 radical (unpaired) electrons. The first-order chi connectivity index (χ1) is 14.7. The molecule has 0 aliphatic rings. The summed E-state index contributed by atoms with van der Waals surface area (Å²) in [5, 5.41) is 3.44. The Morgan fingerprint density at radius 1 is 1.00 bits per heavy atom. The third-order valence-corrected chi connectivity index (χ3v) is 6.73. The number of ether oxygens (including phenoxy) is 1. The molecule has 8 heteroatoms. The van der Waals surface area contributed by atoms with Gasteiger partial charge in [-0.3, -0.25) is 4.79 Å². The molecule has 0 aliphatic heterocycles. The second-order valence-corrected chi connectivity index (χ2v) is 9.75. The van der Waals surface area contributed by atoms with Crippen LogP contribution in [-0.4, -0.2) is 32.7 Å². The van der Waals surface area contributed by atoms with Crippen molar-refractivity contribution in [1.29, 1.82) is 0 Å². The number of nitrogens with one attached hydrogen (secondary N) is 1. The number of halogens is 1. The van der Waals surface area contributed by atoms with E-state index in [-0.39, 0.29) is 10.8 Å². The smallest absolute Gasteiger partial charge is 0.255 e. The summed E-state index contributed by atoms with van der Waals surface area (Å²) in [6, 6.07) is 18.8. The molecular weight excluding hydrogens is 436 g/mol. The summed E-state index contributed by atoms with van der Waals surface area (Å²) in [5.41, 5.74) is 2.57. The molecule has 162 valence electrons. The van der Waals surface area contributed by atoms with Crippen LogP contribution in [0.4, 0.5) is 5.69 Å². The van der Waals surface area contributed by atoms with Gasteiger partial charge >= 0.3 is 0 Å². The summed E-state index contributed by atoms with van der Waals surface area (Å²) in [6.45, 7) is 2.16. The summed E-state index contributed by atoms with van der Waals surface area (Å²) in [6.07, 6.45) is 0. The van der Waals surface area contributed by atoms with Gasteiger partial charge < -0.3 is 10.1 Å². The quantitative estimate of drug-likeness (QED) is 0.555. The summed E-state index contributed by atoms with van der Waals surface area (Å²) in [7, 11) is -0.665. The number of rotatable bonds is 7. The predicted molar refractivity (Wildman–Crippen MR) is 122 cm³/mol. The minimum Gasteiger partial charge on any atom is -0.489 e. The molecule has 0 spiro atoms. The van der Waals surface area contributed by atoms with Crippen LogP contribution in [0, 0.1) is 6.92 Å². The van der Waals surface area contributed by atoms with Crippen LogP contribution in [0.3, 0.4) is 0 Å². The molecule has 0 aliphatic carbocycles.